The van der Waals surface area contributed by atoms with Gasteiger partial charge in [0.2, 0.25) is 0 Å². The topological polar surface area (TPSA) is 82.6 Å². The van der Waals surface area contributed by atoms with Crippen molar-refractivity contribution in [2.24, 2.45) is 0 Å². The number of aromatic amines is 1. The number of aromatic nitrogens is 1. The first-order chi connectivity index (χ1) is 11.4. The van der Waals surface area contributed by atoms with E-state index in [1.165, 1.54) is 0 Å². The van der Waals surface area contributed by atoms with Gasteiger partial charge in [-0.2, -0.15) is 0 Å². The summed E-state index contributed by atoms with van der Waals surface area (Å²) in [4.78, 5) is 28.8. The number of carboxylic acid groups (broad SMARTS) is 1. The third-order valence-corrected chi connectivity index (χ3v) is 4.70. The third kappa shape index (κ3) is 3.01. The lowest BCUT2D eigenvalue weighted by molar-refractivity contribution is -0.138. The minimum absolute atomic E-state index is 0.0655. The van der Waals surface area contributed by atoms with E-state index in [4.69, 9.17) is 9.84 Å². The summed E-state index contributed by atoms with van der Waals surface area (Å²) in [6, 6.07) is 5.60. The Morgan fingerprint density at radius 3 is 2.75 bits per heavy atom. The molecule has 6 nitrogen and oxygen atoms in total. The summed E-state index contributed by atoms with van der Waals surface area (Å²) in [6.07, 6.45) is 0.364. The number of aryl methyl sites for hydroxylation is 2. The number of carbonyl (C=O) groups excluding carboxylic acids is 1. The van der Waals surface area contributed by atoms with Crippen LogP contribution in [-0.2, 0) is 9.53 Å². The van der Waals surface area contributed by atoms with Crippen molar-refractivity contribution in [2.75, 3.05) is 13.7 Å². The number of nitrogens with one attached hydrogen (secondary N) is 1. The van der Waals surface area contributed by atoms with Crippen molar-refractivity contribution in [3.8, 4) is 0 Å². The van der Waals surface area contributed by atoms with Gasteiger partial charge in [0, 0.05) is 30.6 Å². The van der Waals surface area contributed by atoms with E-state index in [2.05, 4.69) is 11.1 Å². The molecule has 2 heterocycles. The van der Waals surface area contributed by atoms with Crippen LogP contribution in [-0.4, -0.2) is 52.7 Å². The summed E-state index contributed by atoms with van der Waals surface area (Å²) in [5, 5.41) is 10.1. The van der Waals surface area contributed by atoms with Crippen LogP contribution in [0.3, 0.4) is 0 Å². The average molecular weight is 330 g/mol. The summed E-state index contributed by atoms with van der Waals surface area (Å²) in [6.45, 7) is 4.45. The molecule has 6 heteroatoms. The van der Waals surface area contributed by atoms with Gasteiger partial charge in [-0.1, -0.05) is 6.07 Å². The fourth-order valence-electron chi connectivity index (χ4n) is 3.56. The molecule has 128 valence electrons. The van der Waals surface area contributed by atoms with Crippen molar-refractivity contribution in [1.29, 1.82) is 0 Å². The molecule has 2 unspecified atom stereocenters. The number of H-pyrrole nitrogens is 1. The smallest absolute Gasteiger partial charge is 0.305 e. The molecule has 0 spiro atoms. The van der Waals surface area contributed by atoms with Crippen LogP contribution >= 0.6 is 0 Å². The highest BCUT2D eigenvalue weighted by molar-refractivity contribution is 5.99. The quantitative estimate of drug-likeness (QED) is 0.902. The molecule has 1 amide bonds. The monoisotopic (exact) mass is 330 g/mol. The second-order valence-electron chi connectivity index (χ2n) is 6.53. The molecular weight excluding hydrogens is 308 g/mol. The van der Waals surface area contributed by atoms with Crippen molar-refractivity contribution < 1.29 is 19.4 Å². The van der Waals surface area contributed by atoms with Crippen molar-refractivity contribution in [1.82, 2.24) is 9.88 Å². The summed E-state index contributed by atoms with van der Waals surface area (Å²) in [5.41, 5.74) is 3.66. The van der Waals surface area contributed by atoms with Gasteiger partial charge in [0.1, 0.15) is 5.69 Å². The van der Waals surface area contributed by atoms with E-state index >= 15 is 0 Å². The van der Waals surface area contributed by atoms with Crippen LogP contribution < -0.4 is 0 Å². The van der Waals surface area contributed by atoms with Gasteiger partial charge < -0.3 is 19.7 Å². The number of nitrogens with zero attached hydrogens (tertiary/aromatic N) is 1. The zero-order chi connectivity index (χ0) is 17.4. The molecule has 2 N–H and O–H groups in total. The molecule has 1 fully saturated rings. The number of rotatable bonds is 4. The van der Waals surface area contributed by atoms with Gasteiger partial charge in [-0.15, -0.1) is 0 Å². The summed E-state index contributed by atoms with van der Waals surface area (Å²) >= 11 is 0. The molecule has 0 aliphatic carbocycles. The standard InChI is InChI=1S/C18H22N2O4/c1-10-4-11(2)14-8-16(19-15(14)5-10)18(23)20-9-13(24-3)6-12(20)7-17(21)22/h4-5,8,12-13,19H,6-7,9H2,1-3H3,(H,21,22). The van der Waals surface area contributed by atoms with E-state index in [-0.39, 0.29) is 24.5 Å². The maximum absolute atomic E-state index is 12.9. The van der Waals surface area contributed by atoms with Crippen LogP contribution in [0, 0.1) is 13.8 Å². The fourth-order valence-corrected chi connectivity index (χ4v) is 3.56. The number of methoxy groups -OCH3 is 1. The van der Waals surface area contributed by atoms with Crippen molar-refractivity contribution in [3.63, 3.8) is 0 Å². The molecule has 1 saturated heterocycles. The Bertz CT molecular complexity index is 796. The minimum atomic E-state index is -0.905. The lowest BCUT2D eigenvalue weighted by Gasteiger charge is -2.22. The van der Waals surface area contributed by atoms with E-state index in [1.807, 2.05) is 26.0 Å². The highest BCUT2D eigenvalue weighted by Crippen LogP contribution is 2.27. The van der Waals surface area contributed by atoms with Crippen LogP contribution in [0.2, 0.25) is 0 Å². The minimum Gasteiger partial charge on any atom is -0.481 e. The number of aliphatic carboxylic acids is 1. The number of hydrogen-bond acceptors (Lipinski definition) is 3. The highest BCUT2D eigenvalue weighted by Gasteiger charge is 2.37. The van der Waals surface area contributed by atoms with E-state index in [0.717, 1.165) is 22.0 Å². The molecule has 2 aromatic rings. The molecule has 0 radical (unpaired) electrons. The Balaban J connectivity index is 1.92. The molecule has 3 rings (SSSR count). The number of amides is 1. The van der Waals surface area contributed by atoms with Gasteiger partial charge in [-0.25, -0.2) is 0 Å². The fraction of sp³-hybridized carbons (Fsp3) is 0.444. The van der Waals surface area contributed by atoms with E-state index in [1.54, 1.807) is 12.0 Å². The van der Waals surface area contributed by atoms with Crippen molar-refractivity contribution in [3.05, 3.63) is 35.0 Å². The molecule has 2 atom stereocenters. The molecular formula is C18H22N2O4. The van der Waals surface area contributed by atoms with Gasteiger partial charge in [0.05, 0.1) is 12.5 Å². The molecule has 0 bridgehead atoms. The number of likely N-dealkylation sites (tertiary alicyclic amines) is 1. The first-order valence-corrected chi connectivity index (χ1v) is 8.04. The number of hydrogen-bond donors (Lipinski definition) is 2. The second-order valence-corrected chi connectivity index (χ2v) is 6.53. The first kappa shape index (κ1) is 16.5. The largest absolute Gasteiger partial charge is 0.481 e. The number of ether oxygens (including phenoxy) is 1. The predicted molar refractivity (Wildman–Crippen MR) is 90.3 cm³/mol. The van der Waals surface area contributed by atoms with Crippen molar-refractivity contribution in [2.45, 2.75) is 38.8 Å². The van der Waals surface area contributed by atoms with E-state index < -0.39 is 5.97 Å². The van der Waals surface area contributed by atoms with E-state index in [9.17, 15) is 9.59 Å². The maximum atomic E-state index is 12.9. The van der Waals surface area contributed by atoms with Crippen LogP contribution in [0.25, 0.3) is 10.9 Å². The lowest BCUT2D eigenvalue weighted by Crippen LogP contribution is -2.37. The van der Waals surface area contributed by atoms with Gasteiger partial charge >= 0.3 is 5.97 Å². The van der Waals surface area contributed by atoms with Gasteiger partial charge in [-0.3, -0.25) is 9.59 Å². The Labute approximate surface area is 140 Å². The first-order valence-electron chi connectivity index (χ1n) is 8.04. The Morgan fingerprint density at radius 1 is 1.33 bits per heavy atom. The van der Waals surface area contributed by atoms with Crippen LogP contribution in [0.4, 0.5) is 0 Å². The van der Waals surface area contributed by atoms with Crippen LogP contribution in [0.15, 0.2) is 18.2 Å². The molecule has 1 aliphatic rings. The maximum Gasteiger partial charge on any atom is 0.305 e. The Kier molecular flexibility index (Phi) is 4.32. The SMILES string of the molecule is COC1CC(CC(=O)O)N(C(=O)c2cc3c(C)cc(C)cc3[nH]2)C1. The molecule has 24 heavy (non-hydrogen) atoms. The second kappa shape index (κ2) is 6.28. The number of benzene rings is 1. The van der Waals surface area contributed by atoms with Crippen LogP contribution in [0.1, 0.15) is 34.5 Å². The molecule has 0 saturated carbocycles. The summed E-state index contributed by atoms with van der Waals surface area (Å²) < 4.78 is 5.34. The predicted octanol–water partition coefficient (Wildman–Crippen LogP) is 2.49. The number of carboxylic acids is 1. The normalized spacial score (nSPS) is 20.7. The number of fused-ring (bicyclic) bond motifs is 1. The molecule has 1 aromatic carbocycles. The Hall–Kier alpha value is -2.34. The van der Waals surface area contributed by atoms with E-state index in [0.29, 0.717) is 18.7 Å². The zero-order valence-electron chi connectivity index (χ0n) is 14.1. The number of carbonyl (C=O) groups is 2. The zero-order valence-corrected chi connectivity index (χ0v) is 14.1. The third-order valence-electron chi connectivity index (χ3n) is 4.70. The van der Waals surface area contributed by atoms with Gasteiger partial charge in [0.25, 0.3) is 5.91 Å². The molecule has 1 aliphatic heterocycles. The Morgan fingerprint density at radius 2 is 2.08 bits per heavy atom. The lowest BCUT2D eigenvalue weighted by atomic mass is 10.1. The van der Waals surface area contributed by atoms with Gasteiger partial charge in [0.15, 0.2) is 0 Å². The van der Waals surface area contributed by atoms with Gasteiger partial charge in [-0.05, 0) is 43.5 Å². The summed E-state index contributed by atoms with van der Waals surface area (Å²) in [5.74, 6) is -1.08. The summed E-state index contributed by atoms with van der Waals surface area (Å²) in [7, 11) is 1.59. The highest BCUT2D eigenvalue weighted by atomic mass is 16.5. The average Bonchev–Trinajstić information content (AvgIpc) is 3.10. The van der Waals surface area contributed by atoms with Crippen molar-refractivity contribution >= 4 is 22.8 Å². The van der Waals surface area contributed by atoms with Crippen LogP contribution in [0.5, 0.6) is 0 Å². The molecule has 1 aromatic heterocycles.